The number of thiazole rings is 1. The largest absolute Gasteiger partial charge is 0.478 e. The molecule has 4 nitrogen and oxygen atoms in total. The van der Waals surface area contributed by atoms with Gasteiger partial charge in [-0.2, -0.15) is 0 Å². The number of anilines is 1. The third-order valence-corrected chi connectivity index (χ3v) is 3.88. The van der Waals surface area contributed by atoms with Crippen molar-refractivity contribution in [1.29, 1.82) is 0 Å². The van der Waals surface area contributed by atoms with Gasteiger partial charge in [0, 0.05) is 12.2 Å². The Morgan fingerprint density at radius 2 is 2.14 bits per heavy atom. The second-order valence-corrected chi connectivity index (χ2v) is 5.39. The zero-order valence-electron chi connectivity index (χ0n) is 10.8. The predicted octanol–water partition coefficient (Wildman–Crippen LogP) is 3.75. The molecule has 0 saturated carbocycles. The summed E-state index contributed by atoms with van der Waals surface area (Å²) in [4.78, 5) is 15.0. The Bertz CT molecular complexity index is 816. The van der Waals surface area contributed by atoms with E-state index in [1.54, 1.807) is 22.9 Å². The summed E-state index contributed by atoms with van der Waals surface area (Å²) in [7, 11) is 0. The average molecular weight is 302 g/mol. The number of hydrogen-bond donors (Lipinski definition) is 2. The van der Waals surface area contributed by atoms with Gasteiger partial charge in [0.05, 0.1) is 21.3 Å². The SMILES string of the molecule is O=C(O)c1ccc(CNc2ccc3ncsc3c2)cc1F. The Labute approximate surface area is 123 Å². The van der Waals surface area contributed by atoms with Gasteiger partial charge in [-0.25, -0.2) is 14.2 Å². The number of aromatic nitrogens is 1. The van der Waals surface area contributed by atoms with E-state index in [4.69, 9.17) is 5.11 Å². The molecule has 3 aromatic rings. The molecule has 0 spiro atoms. The molecule has 1 aromatic heterocycles. The minimum atomic E-state index is -1.26. The molecule has 0 radical (unpaired) electrons. The van der Waals surface area contributed by atoms with Gasteiger partial charge in [-0.1, -0.05) is 6.07 Å². The summed E-state index contributed by atoms with van der Waals surface area (Å²) in [5.41, 5.74) is 4.01. The van der Waals surface area contributed by atoms with Crippen molar-refractivity contribution in [2.24, 2.45) is 0 Å². The highest BCUT2D eigenvalue weighted by atomic mass is 32.1. The first-order valence-corrected chi connectivity index (χ1v) is 7.10. The van der Waals surface area contributed by atoms with E-state index in [1.165, 1.54) is 12.1 Å². The van der Waals surface area contributed by atoms with Gasteiger partial charge in [-0.15, -0.1) is 11.3 Å². The number of hydrogen-bond acceptors (Lipinski definition) is 4. The Morgan fingerprint density at radius 1 is 1.29 bits per heavy atom. The summed E-state index contributed by atoms with van der Waals surface area (Å²) in [6.07, 6.45) is 0. The average Bonchev–Trinajstić information content (AvgIpc) is 2.92. The van der Waals surface area contributed by atoms with Crippen LogP contribution in [0.25, 0.3) is 10.2 Å². The molecule has 2 N–H and O–H groups in total. The van der Waals surface area contributed by atoms with E-state index in [9.17, 15) is 9.18 Å². The van der Waals surface area contributed by atoms with E-state index in [0.717, 1.165) is 15.9 Å². The monoisotopic (exact) mass is 302 g/mol. The van der Waals surface area contributed by atoms with Crippen molar-refractivity contribution in [3.8, 4) is 0 Å². The maximum Gasteiger partial charge on any atom is 0.338 e. The normalized spacial score (nSPS) is 10.7. The first kappa shape index (κ1) is 13.5. The summed E-state index contributed by atoms with van der Waals surface area (Å²) >= 11 is 1.55. The molecule has 1 heterocycles. The number of rotatable bonds is 4. The fourth-order valence-electron chi connectivity index (χ4n) is 2.01. The quantitative estimate of drug-likeness (QED) is 0.770. The topological polar surface area (TPSA) is 62.2 Å². The van der Waals surface area contributed by atoms with Gasteiger partial charge in [0.15, 0.2) is 0 Å². The van der Waals surface area contributed by atoms with Crippen molar-refractivity contribution < 1.29 is 14.3 Å². The van der Waals surface area contributed by atoms with Crippen LogP contribution in [0.2, 0.25) is 0 Å². The highest BCUT2D eigenvalue weighted by Crippen LogP contribution is 2.22. The van der Waals surface area contributed by atoms with E-state index < -0.39 is 11.8 Å². The van der Waals surface area contributed by atoms with Crippen LogP contribution in [0, 0.1) is 5.82 Å². The van der Waals surface area contributed by atoms with Crippen molar-refractivity contribution in [2.45, 2.75) is 6.54 Å². The van der Waals surface area contributed by atoms with Crippen LogP contribution in [0.1, 0.15) is 15.9 Å². The molecule has 0 saturated heterocycles. The maximum atomic E-state index is 13.6. The number of aromatic carboxylic acids is 1. The standard InChI is InChI=1S/C15H11FN2O2S/c16-12-5-9(1-3-11(12)15(19)20)7-17-10-2-4-13-14(6-10)21-8-18-13/h1-6,8,17H,7H2,(H,19,20). The van der Waals surface area contributed by atoms with Crippen LogP contribution < -0.4 is 5.32 Å². The molecular weight excluding hydrogens is 291 g/mol. The first-order chi connectivity index (χ1) is 10.1. The highest BCUT2D eigenvalue weighted by Gasteiger charge is 2.10. The highest BCUT2D eigenvalue weighted by molar-refractivity contribution is 7.16. The number of benzene rings is 2. The molecular formula is C15H11FN2O2S. The fourth-order valence-corrected chi connectivity index (χ4v) is 2.73. The van der Waals surface area contributed by atoms with Crippen molar-refractivity contribution in [3.05, 3.63) is 58.9 Å². The lowest BCUT2D eigenvalue weighted by molar-refractivity contribution is 0.0692. The summed E-state index contributed by atoms with van der Waals surface area (Å²) in [5.74, 6) is -1.98. The molecule has 0 unspecified atom stereocenters. The van der Waals surface area contributed by atoms with Gasteiger partial charge in [0.25, 0.3) is 0 Å². The third-order valence-electron chi connectivity index (χ3n) is 3.09. The van der Waals surface area contributed by atoms with E-state index in [2.05, 4.69) is 10.3 Å². The minimum Gasteiger partial charge on any atom is -0.478 e. The summed E-state index contributed by atoms with van der Waals surface area (Å²) in [6, 6.07) is 9.93. The lowest BCUT2D eigenvalue weighted by atomic mass is 10.1. The van der Waals surface area contributed by atoms with E-state index in [1.807, 2.05) is 18.2 Å². The van der Waals surface area contributed by atoms with Gasteiger partial charge in [0.1, 0.15) is 5.82 Å². The Balaban J connectivity index is 1.75. The lowest BCUT2D eigenvalue weighted by Crippen LogP contribution is -2.04. The smallest absolute Gasteiger partial charge is 0.338 e. The summed E-state index contributed by atoms with van der Waals surface area (Å²) in [6.45, 7) is 0.418. The van der Waals surface area contributed by atoms with Crippen molar-refractivity contribution in [3.63, 3.8) is 0 Å². The molecule has 0 aliphatic rings. The van der Waals surface area contributed by atoms with Gasteiger partial charge < -0.3 is 10.4 Å². The zero-order chi connectivity index (χ0) is 14.8. The second-order valence-electron chi connectivity index (χ2n) is 4.51. The van der Waals surface area contributed by atoms with E-state index in [-0.39, 0.29) is 5.56 Å². The van der Waals surface area contributed by atoms with Crippen molar-refractivity contribution in [2.75, 3.05) is 5.32 Å². The number of carboxylic acid groups (broad SMARTS) is 1. The van der Waals surface area contributed by atoms with E-state index >= 15 is 0 Å². The molecule has 0 bridgehead atoms. The molecule has 2 aromatic carbocycles. The third kappa shape index (κ3) is 2.85. The van der Waals surface area contributed by atoms with Crippen LogP contribution in [-0.4, -0.2) is 16.1 Å². The van der Waals surface area contributed by atoms with Crippen LogP contribution in [0.5, 0.6) is 0 Å². The number of fused-ring (bicyclic) bond motifs is 1. The first-order valence-electron chi connectivity index (χ1n) is 6.22. The molecule has 106 valence electrons. The minimum absolute atomic E-state index is 0.315. The number of carbonyl (C=O) groups is 1. The zero-order valence-corrected chi connectivity index (χ0v) is 11.7. The van der Waals surface area contributed by atoms with Crippen LogP contribution >= 0.6 is 11.3 Å². The van der Waals surface area contributed by atoms with Crippen molar-refractivity contribution in [1.82, 2.24) is 4.98 Å². The molecule has 6 heteroatoms. The predicted molar refractivity (Wildman–Crippen MR) is 80.3 cm³/mol. The van der Waals surface area contributed by atoms with Gasteiger partial charge >= 0.3 is 5.97 Å². The van der Waals surface area contributed by atoms with Gasteiger partial charge in [0.2, 0.25) is 0 Å². The molecule has 0 atom stereocenters. The van der Waals surface area contributed by atoms with Gasteiger partial charge in [-0.05, 0) is 35.9 Å². The van der Waals surface area contributed by atoms with E-state index in [0.29, 0.717) is 12.1 Å². The Kier molecular flexibility index (Phi) is 3.53. The Hall–Kier alpha value is -2.47. The van der Waals surface area contributed by atoms with Gasteiger partial charge in [-0.3, -0.25) is 0 Å². The Morgan fingerprint density at radius 3 is 2.90 bits per heavy atom. The summed E-state index contributed by atoms with van der Waals surface area (Å²) in [5, 5.41) is 12.0. The molecule has 0 aliphatic carbocycles. The molecule has 0 aliphatic heterocycles. The van der Waals surface area contributed by atoms with Crippen LogP contribution in [0.15, 0.2) is 41.9 Å². The van der Waals surface area contributed by atoms with Crippen LogP contribution in [-0.2, 0) is 6.54 Å². The molecule has 21 heavy (non-hydrogen) atoms. The number of nitrogens with one attached hydrogen (secondary N) is 1. The molecule has 0 amide bonds. The summed E-state index contributed by atoms with van der Waals surface area (Å²) < 4.78 is 14.7. The van der Waals surface area contributed by atoms with Crippen LogP contribution in [0.3, 0.4) is 0 Å². The second kappa shape index (κ2) is 5.49. The number of nitrogens with zero attached hydrogens (tertiary/aromatic N) is 1. The lowest BCUT2D eigenvalue weighted by Gasteiger charge is -2.07. The van der Waals surface area contributed by atoms with Crippen molar-refractivity contribution >= 4 is 33.2 Å². The molecule has 0 fully saturated rings. The fraction of sp³-hybridized carbons (Fsp3) is 0.0667. The number of halogens is 1. The maximum absolute atomic E-state index is 13.6. The molecule has 3 rings (SSSR count). The number of carboxylic acids is 1. The van der Waals surface area contributed by atoms with Crippen LogP contribution in [0.4, 0.5) is 10.1 Å².